The molecular formula is C14H15N5O. The Morgan fingerprint density at radius 2 is 2.05 bits per heavy atom. The van der Waals surface area contributed by atoms with E-state index >= 15 is 0 Å². The van der Waals surface area contributed by atoms with Crippen molar-refractivity contribution in [3.63, 3.8) is 0 Å². The van der Waals surface area contributed by atoms with E-state index in [1.165, 1.54) is 0 Å². The number of hydrogen-bond donors (Lipinski definition) is 2. The van der Waals surface area contributed by atoms with Gasteiger partial charge in [0.05, 0.1) is 24.2 Å². The van der Waals surface area contributed by atoms with Gasteiger partial charge >= 0.3 is 0 Å². The van der Waals surface area contributed by atoms with Crippen LogP contribution in [-0.2, 0) is 0 Å². The van der Waals surface area contributed by atoms with Crippen LogP contribution in [-0.4, -0.2) is 37.5 Å². The van der Waals surface area contributed by atoms with E-state index < -0.39 is 6.10 Å². The molecule has 0 bridgehead atoms. The molecule has 2 N–H and O–H groups in total. The van der Waals surface area contributed by atoms with Crippen LogP contribution in [0.15, 0.2) is 42.7 Å². The SMILES string of the molecule is CC(O)CNc1cnc2c(cnn2-c2ccccc2)n1. The summed E-state index contributed by atoms with van der Waals surface area (Å²) in [5.41, 5.74) is 2.37. The largest absolute Gasteiger partial charge is 0.392 e. The molecule has 2 aromatic heterocycles. The lowest BCUT2D eigenvalue weighted by molar-refractivity contribution is 0.208. The molecule has 1 aromatic carbocycles. The lowest BCUT2D eigenvalue weighted by Crippen LogP contribution is -2.16. The van der Waals surface area contributed by atoms with E-state index in [9.17, 15) is 5.11 Å². The van der Waals surface area contributed by atoms with Gasteiger partial charge in [-0.25, -0.2) is 14.6 Å². The molecule has 0 aliphatic carbocycles. The van der Waals surface area contributed by atoms with Crippen molar-refractivity contribution in [3.8, 4) is 5.69 Å². The summed E-state index contributed by atoms with van der Waals surface area (Å²) in [6.45, 7) is 2.15. The molecule has 3 rings (SSSR count). The third kappa shape index (κ3) is 2.46. The molecule has 0 spiro atoms. The molecule has 3 aromatic rings. The summed E-state index contributed by atoms with van der Waals surface area (Å²) in [6.07, 6.45) is 2.90. The first-order chi connectivity index (χ1) is 9.74. The van der Waals surface area contributed by atoms with Gasteiger partial charge in [0.25, 0.3) is 0 Å². The minimum absolute atomic E-state index is 0.431. The first-order valence-corrected chi connectivity index (χ1v) is 6.42. The van der Waals surface area contributed by atoms with Gasteiger partial charge in [-0.05, 0) is 19.1 Å². The van der Waals surface area contributed by atoms with Crippen molar-refractivity contribution >= 4 is 17.0 Å². The zero-order chi connectivity index (χ0) is 13.9. The van der Waals surface area contributed by atoms with Gasteiger partial charge in [0.15, 0.2) is 5.65 Å². The average molecular weight is 269 g/mol. The molecule has 0 saturated heterocycles. The Balaban J connectivity index is 1.94. The maximum Gasteiger partial charge on any atom is 0.181 e. The summed E-state index contributed by atoms with van der Waals surface area (Å²) in [6, 6.07) is 9.80. The molecule has 0 amide bonds. The lowest BCUT2D eigenvalue weighted by Gasteiger charge is -2.07. The molecule has 102 valence electrons. The number of aliphatic hydroxyl groups is 1. The fourth-order valence-electron chi connectivity index (χ4n) is 1.91. The van der Waals surface area contributed by atoms with Gasteiger partial charge in [0, 0.05) is 6.54 Å². The number of aliphatic hydroxyl groups excluding tert-OH is 1. The standard InChI is InChI=1S/C14H15N5O/c1-10(20)7-15-13-9-16-14-12(18-13)8-17-19(14)11-5-3-2-4-6-11/h2-6,8-10,20H,7H2,1H3,(H,15,18). The molecular weight excluding hydrogens is 254 g/mol. The maximum atomic E-state index is 9.25. The van der Waals surface area contributed by atoms with Crippen LogP contribution >= 0.6 is 0 Å². The van der Waals surface area contributed by atoms with E-state index in [1.807, 2.05) is 30.3 Å². The van der Waals surface area contributed by atoms with Gasteiger partial charge in [-0.15, -0.1) is 0 Å². The van der Waals surface area contributed by atoms with Crippen molar-refractivity contribution in [2.24, 2.45) is 0 Å². The Morgan fingerprint density at radius 3 is 2.80 bits per heavy atom. The first kappa shape index (κ1) is 12.6. The highest BCUT2D eigenvalue weighted by atomic mass is 16.3. The number of aromatic nitrogens is 4. The Morgan fingerprint density at radius 1 is 1.25 bits per heavy atom. The van der Waals surface area contributed by atoms with Gasteiger partial charge < -0.3 is 10.4 Å². The van der Waals surface area contributed by atoms with Crippen molar-refractivity contribution in [1.29, 1.82) is 0 Å². The molecule has 1 unspecified atom stereocenters. The minimum atomic E-state index is -0.431. The second-order valence-electron chi connectivity index (χ2n) is 4.59. The Labute approximate surface area is 116 Å². The molecule has 0 saturated carbocycles. The van der Waals surface area contributed by atoms with Crippen molar-refractivity contribution in [2.75, 3.05) is 11.9 Å². The predicted molar refractivity (Wildman–Crippen MR) is 76.8 cm³/mol. The second-order valence-corrected chi connectivity index (χ2v) is 4.59. The van der Waals surface area contributed by atoms with E-state index in [2.05, 4.69) is 20.4 Å². The number of benzene rings is 1. The summed E-state index contributed by atoms with van der Waals surface area (Å²) >= 11 is 0. The molecule has 0 aliphatic rings. The van der Waals surface area contributed by atoms with Crippen LogP contribution in [0.2, 0.25) is 0 Å². The first-order valence-electron chi connectivity index (χ1n) is 6.42. The van der Waals surface area contributed by atoms with Crippen LogP contribution in [0.1, 0.15) is 6.92 Å². The number of anilines is 1. The Hall–Kier alpha value is -2.47. The van der Waals surface area contributed by atoms with Gasteiger partial charge in [-0.2, -0.15) is 5.10 Å². The summed E-state index contributed by atoms with van der Waals surface area (Å²) in [5, 5.41) is 16.6. The van der Waals surface area contributed by atoms with Crippen LogP contribution in [0.4, 0.5) is 5.82 Å². The van der Waals surface area contributed by atoms with E-state index in [0.29, 0.717) is 23.5 Å². The quantitative estimate of drug-likeness (QED) is 0.752. The molecule has 0 aliphatic heterocycles. The molecule has 2 heterocycles. The van der Waals surface area contributed by atoms with Crippen molar-refractivity contribution in [2.45, 2.75) is 13.0 Å². The summed E-state index contributed by atoms with van der Waals surface area (Å²) in [4.78, 5) is 8.81. The van der Waals surface area contributed by atoms with Crippen LogP contribution in [0, 0.1) is 0 Å². The molecule has 0 fully saturated rings. The van der Waals surface area contributed by atoms with Crippen LogP contribution < -0.4 is 5.32 Å². The molecule has 0 radical (unpaired) electrons. The van der Waals surface area contributed by atoms with Crippen LogP contribution in [0.3, 0.4) is 0 Å². The predicted octanol–water partition coefficient (Wildman–Crippen LogP) is 1.61. The van der Waals surface area contributed by atoms with Gasteiger partial charge in [0.2, 0.25) is 0 Å². The van der Waals surface area contributed by atoms with Gasteiger partial charge in [-0.3, -0.25) is 0 Å². The van der Waals surface area contributed by atoms with Crippen LogP contribution in [0.5, 0.6) is 0 Å². The molecule has 1 atom stereocenters. The second kappa shape index (κ2) is 5.26. The number of nitrogens with zero attached hydrogens (tertiary/aromatic N) is 4. The Bertz CT molecular complexity index is 708. The fourth-order valence-corrected chi connectivity index (χ4v) is 1.91. The Kier molecular flexibility index (Phi) is 3.30. The number of rotatable bonds is 4. The zero-order valence-electron chi connectivity index (χ0n) is 11.1. The summed E-state index contributed by atoms with van der Waals surface area (Å²) in [5.74, 6) is 0.631. The van der Waals surface area contributed by atoms with Gasteiger partial charge in [0.1, 0.15) is 11.3 Å². The van der Waals surface area contributed by atoms with E-state index in [-0.39, 0.29) is 0 Å². The summed E-state index contributed by atoms with van der Waals surface area (Å²) in [7, 11) is 0. The highest BCUT2D eigenvalue weighted by Gasteiger charge is 2.08. The van der Waals surface area contributed by atoms with Crippen LogP contribution in [0.25, 0.3) is 16.9 Å². The van der Waals surface area contributed by atoms with Crippen molar-refractivity contribution in [1.82, 2.24) is 19.7 Å². The van der Waals surface area contributed by atoms with Gasteiger partial charge in [-0.1, -0.05) is 18.2 Å². The third-order valence-corrected chi connectivity index (χ3v) is 2.85. The highest BCUT2D eigenvalue weighted by Crippen LogP contribution is 2.16. The number of fused-ring (bicyclic) bond motifs is 1. The molecule has 6 nitrogen and oxygen atoms in total. The highest BCUT2D eigenvalue weighted by molar-refractivity contribution is 5.73. The number of para-hydroxylation sites is 1. The normalized spacial score (nSPS) is 12.5. The third-order valence-electron chi connectivity index (χ3n) is 2.85. The summed E-state index contributed by atoms with van der Waals surface area (Å²) < 4.78 is 1.75. The van der Waals surface area contributed by atoms with E-state index in [4.69, 9.17) is 0 Å². The maximum absolute atomic E-state index is 9.25. The van der Waals surface area contributed by atoms with E-state index in [0.717, 1.165) is 5.69 Å². The fraction of sp³-hybridized carbons (Fsp3) is 0.214. The average Bonchev–Trinajstić information content (AvgIpc) is 2.89. The van der Waals surface area contributed by atoms with Crippen molar-refractivity contribution in [3.05, 3.63) is 42.7 Å². The molecule has 6 heteroatoms. The number of nitrogens with one attached hydrogen (secondary N) is 1. The molecule has 20 heavy (non-hydrogen) atoms. The minimum Gasteiger partial charge on any atom is -0.392 e. The lowest BCUT2D eigenvalue weighted by atomic mass is 10.3. The monoisotopic (exact) mass is 269 g/mol. The van der Waals surface area contributed by atoms with E-state index in [1.54, 1.807) is 24.0 Å². The van der Waals surface area contributed by atoms with Crippen molar-refractivity contribution < 1.29 is 5.11 Å². The number of hydrogen-bond acceptors (Lipinski definition) is 5. The smallest absolute Gasteiger partial charge is 0.181 e. The zero-order valence-corrected chi connectivity index (χ0v) is 11.1. The topological polar surface area (TPSA) is 75.9 Å².